The van der Waals surface area contributed by atoms with Crippen LogP contribution in [-0.4, -0.2) is 47.6 Å². The number of ether oxygens (including phenoxy) is 3. The maximum absolute atomic E-state index is 10.4. The minimum Gasteiger partial charge on any atom is -0.507 e. The third kappa shape index (κ3) is 4.12. The number of nitrogens with zero attached hydrogens (tertiary/aromatic N) is 3. The second kappa shape index (κ2) is 9.01. The second-order valence-corrected chi connectivity index (χ2v) is 5.78. The molecular formula is C20H22N4O4. The van der Waals surface area contributed by atoms with Crippen LogP contribution in [0.3, 0.4) is 0 Å². The number of methoxy groups -OCH3 is 2. The Hall–Kier alpha value is -3.39. The summed E-state index contributed by atoms with van der Waals surface area (Å²) in [5.41, 5.74) is 1.13. The highest BCUT2D eigenvalue weighted by molar-refractivity contribution is 5.95. The largest absolute Gasteiger partial charge is 0.507 e. The quantitative estimate of drug-likeness (QED) is 0.451. The summed E-state index contributed by atoms with van der Waals surface area (Å²) < 4.78 is 16.1. The van der Waals surface area contributed by atoms with Crippen molar-refractivity contribution in [2.75, 3.05) is 32.9 Å². The number of aromatic nitrogens is 3. The molecule has 8 heteroatoms. The van der Waals surface area contributed by atoms with E-state index in [4.69, 9.17) is 14.2 Å². The second-order valence-electron chi connectivity index (χ2n) is 5.78. The zero-order chi connectivity index (χ0) is 19.9. The first-order valence-corrected chi connectivity index (χ1v) is 8.73. The van der Waals surface area contributed by atoms with Gasteiger partial charge < -0.3 is 24.6 Å². The van der Waals surface area contributed by atoms with Crippen molar-refractivity contribution in [1.29, 1.82) is 0 Å². The van der Waals surface area contributed by atoms with Gasteiger partial charge in [-0.2, -0.15) is 0 Å². The van der Waals surface area contributed by atoms with Gasteiger partial charge in [0.05, 0.1) is 7.11 Å². The van der Waals surface area contributed by atoms with E-state index in [1.165, 1.54) is 6.08 Å². The van der Waals surface area contributed by atoms with Crippen molar-refractivity contribution in [3.8, 4) is 11.5 Å². The lowest BCUT2D eigenvalue weighted by Crippen LogP contribution is -2.06. The molecule has 2 aromatic heterocycles. The van der Waals surface area contributed by atoms with E-state index in [2.05, 4.69) is 20.3 Å². The number of benzene rings is 1. The Morgan fingerprint density at radius 3 is 2.75 bits per heavy atom. The van der Waals surface area contributed by atoms with Crippen LogP contribution in [0.25, 0.3) is 22.7 Å². The Bertz CT molecular complexity index is 977. The molecule has 3 aromatic rings. The van der Waals surface area contributed by atoms with Crippen LogP contribution in [0.2, 0.25) is 0 Å². The molecule has 0 radical (unpaired) electrons. The number of hydrogen-bond donors (Lipinski definition) is 2. The minimum absolute atomic E-state index is 0.0145. The number of fused-ring (bicyclic) bond motifs is 1. The third-order valence-electron chi connectivity index (χ3n) is 3.91. The number of hydrogen-bond acceptors (Lipinski definition) is 8. The van der Waals surface area contributed by atoms with Crippen molar-refractivity contribution >= 4 is 28.6 Å². The predicted molar refractivity (Wildman–Crippen MR) is 107 cm³/mol. The van der Waals surface area contributed by atoms with E-state index in [0.717, 1.165) is 5.39 Å². The summed E-state index contributed by atoms with van der Waals surface area (Å²) in [5.74, 6) is 1.94. The smallest absolute Gasteiger partial charge is 0.188 e. The zero-order valence-corrected chi connectivity index (χ0v) is 16.0. The molecule has 0 atom stereocenters. The summed E-state index contributed by atoms with van der Waals surface area (Å²) in [7, 11) is 3.09. The molecule has 0 fully saturated rings. The standard InChI is InChI=1S/C20H22N4O4/c1-4-22-20-14-7-8-16(28-12-26-2)19(27-3)18(14)23-17(24-20)10-15(25)13-6-5-9-21-11-13/h5-11,25H,4,12H2,1-3H3,(H,22,23,24)/b15-10-. The first-order valence-electron chi connectivity index (χ1n) is 8.73. The Morgan fingerprint density at radius 2 is 2.07 bits per heavy atom. The van der Waals surface area contributed by atoms with Gasteiger partial charge in [-0.3, -0.25) is 4.98 Å². The fourth-order valence-electron chi connectivity index (χ4n) is 2.69. The molecule has 2 N–H and O–H groups in total. The Kier molecular flexibility index (Phi) is 6.23. The average molecular weight is 382 g/mol. The normalized spacial score (nSPS) is 11.5. The SMILES string of the molecule is CCNc1nc(/C=C(\O)c2cccnc2)nc2c(OC)c(OCOC)ccc12. The van der Waals surface area contributed by atoms with E-state index in [0.29, 0.717) is 40.8 Å². The van der Waals surface area contributed by atoms with Gasteiger partial charge in [-0.15, -0.1) is 0 Å². The number of aliphatic hydroxyl groups is 1. The van der Waals surface area contributed by atoms with Gasteiger partial charge >= 0.3 is 0 Å². The van der Waals surface area contributed by atoms with E-state index in [1.807, 2.05) is 13.0 Å². The summed E-state index contributed by atoms with van der Waals surface area (Å²) in [6.45, 7) is 2.74. The molecule has 146 valence electrons. The monoisotopic (exact) mass is 382 g/mol. The summed E-state index contributed by atoms with van der Waals surface area (Å²) >= 11 is 0. The van der Waals surface area contributed by atoms with Crippen LogP contribution in [0.4, 0.5) is 5.82 Å². The lowest BCUT2D eigenvalue weighted by molar-refractivity contribution is 0.0493. The van der Waals surface area contributed by atoms with Crippen molar-refractivity contribution in [2.45, 2.75) is 6.92 Å². The van der Waals surface area contributed by atoms with Crippen LogP contribution in [0.5, 0.6) is 11.5 Å². The number of pyridine rings is 1. The van der Waals surface area contributed by atoms with E-state index in [1.54, 1.807) is 44.8 Å². The van der Waals surface area contributed by atoms with Crippen molar-refractivity contribution < 1.29 is 19.3 Å². The maximum Gasteiger partial charge on any atom is 0.188 e. The summed E-state index contributed by atoms with van der Waals surface area (Å²) in [6, 6.07) is 7.14. The molecule has 0 aliphatic rings. The summed E-state index contributed by atoms with van der Waals surface area (Å²) in [6.07, 6.45) is 4.69. The highest BCUT2D eigenvalue weighted by atomic mass is 16.7. The average Bonchev–Trinajstić information content (AvgIpc) is 2.72. The molecule has 0 aliphatic heterocycles. The van der Waals surface area contributed by atoms with Crippen LogP contribution in [0.1, 0.15) is 18.3 Å². The molecule has 0 saturated heterocycles. The summed E-state index contributed by atoms with van der Waals surface area (Å²) in [5, 5.41) is 14.4. The molecule has 0 unspecified atom stereocenters. The Labute approximate surface area is 162 Å². The fraction of sp³-hybridized carbons (Fsp3) is 0.250. The minimum atomic E-state index is 0.0145. The molecule has 3 rings (SSSR count). The van der Waals surface area contributed by atoms with Gasteiger partial charge in [0.15, 0.2) is 24.1 Å². The summed E-state index contributed by atoms with van der Waals surface area (Å²) in [4.78, 5) is 13.1. The molecule has 1 aromatic carbocycles. The van der Waals surface area contributed by atoms with Crippen LogP contribution < -0.4 is 14.8 Å². The lowest BCUT2D eigenvalue weighted by atomic mass is 10.2. The number of aliphatic hydroxyl groups excluding tert-OH is 1. The van der Waals surface area contributed by atoms with E-state index in [-0.39, 0.29) is 12.6 Å². The molecule has 0 amide bonds. The van der Waals surface area contributed by atoms with Gasteiger partial charge in [0.25, 0.3) is 0 Å². The Balaban J connectivity index is 2.15. The molecule has 8 nitrogen and oxygen atoms in total. The van der Waals surface area contributed by atoms with Crippen molar-refractivity contribution in [3.05, 3.63) is 48.0 Å². The van der Waals surface area contributed by atoms with Crippen LogP contribution in [-0.2, 0) is 4.74 Å². The van der Waals surface area contributed by atoms with Gasteiger partial charge in [-0.1, -0.05) is 0 Å². The van der Waals surface area contributed by atoms with Crippen molar-refractivity contribution in [3.63, 3.8) is 0 Å². The first kappa shape index (κ1) is 19.4. The lowest BCUT2D eigenvalue weighted by Gasteiger charge is -2.14. The van der Waals surface area contributed by atoms with Crippen LogP contribution in [0, 0.1) is 0 Å². The van der Waals surface area contributed by atoms with Crippen molar-refractivity contribution in [2.24, 2.45) is 0 Å². The topological polar surface area (TPSA) is 98.6 Å². The molecule has 0 saturated carbocycles. The number of nitrogens with one attached hydrogen (secondary N) is 1. The first-order chi connectivity index (χ1) is 13.7. The molecule has 0 spiro atoms. The Morgan fingerprint density at radius 1 is 1.21 bits per heavy atom. The highest BCUT2D eigenvalue weighted by Gasteiger charge is 2.16. The van der Waals surface area contributed by atoms with Crippen molar-refractivity contribution in [1.82, 2.24) is 15.0 Å². The van der Waals surface area contributed by atoms with Gasteiger partial charge in [-0.25, -0.2) is 9.97 Å². The van der Waals surface area contributed by atoms with Crippen LogP contribution >= 0.6 is 0 Å². The van der Waals surface area contributed by atoms with E-state index < -0.39 is 0 Å². The van der Waals surface area contributed by atoms with Gasteiger partial charge in [0, 0.05) is 43.1 Å². The maximum atomic E-state index is 10.4. The van der Waals surface area contributed by atoms with Gasteiger partial charge in [0.2, 0.25) is 0 Å². The highest BCUT2D eigenvalue weighted by Crippen LogP contribution is 2.37. The molecule has 2 heterocycles. The molecule has 28 heavy (non-hydrogen) atoms. The number of anilines is 1. The number of rotatable bonds is 8. The molecule has 0 aliphatic carbocycles. The molecule has 0 bridgehead atoms. The van der Waals surface area contributed by atoms with Gasteiger partial charge in [0.1, 0.15) is 17.1 Å². The third-order valence-corrected chi connectivity index (χ3v) is 3.91. The van der Waals surface area contributed by atoms with E-state index >= 15 is 0 Å². The van der Waals surface area contributed by atoms with Gasteiger partial charge in [-0.05, 0) is 31.2 Å². The van der Waals surface area contributed by atoms with Crippen LogP contribution in [0.15, 0.2) is 36.7 Å². The molecular weight excluding hydrogens is 360 g/mol. The van der Waals surface area contributed by atoms with E-state index in [9.17, 15) is 5.11 Å². The fourth-order valence-corrected chi connectivity index (χ4v) is 2.69. The predicted octanol–water partition coefficient (Wildman–Crippen LogP) is 3.50. The zero-order valence-electron chi connectivity index (χ0n) is 16.0.